The van der Waals surface area contributed by atoms with Gasteiger partial charge in [-0.2, -0.15) is 0 Å². The Morgan fingerprint density at radius 1 is 1.56 bits per heavy atom. The highest BCUT2D eigenvalue weighted by Gasteiger charge is 2.23. The highest BCUT2D eigenvalue weighted by atomic mass is 16.3. The van der Waals surface area contributed by atoms with Crippen LogP contribution >= 0.6 is 0 Å². The van der Waals surface area contributed by atoms with Crippen molar-refractivity contribution in [3.8, 4) is 0 Å². The largest absolute Gasteiger partial charge is 0.469 e. The average Bonchev–Trinajstić information content (AvgIpc) is 2.62. The lowest BCUT2D eigenvalue weighted by molar-refractivity contribution is 0.0739. The third-order valence-corrected chi connectivity index (χ3v) is 2.65. The number of rotatable bonds is 4. The van der Waals surface area contributed by atoms with Gasteiger partial charge in [-0.3, -0.25) is 4.79 Å². The molecule has 0 aliphatic heterocycles. The normalized spacial score (nSPS) is 11.6. The summed E-state index contributed by atoms with van der Waals surface area (Å²) in [5, 5.41) is 0. The van der Waals surface area contributed by atoms with Gasteiger partial charge >= 0.3 is 0 Å². The second kappa shape index (κ2) is 4.70. The summed E-state index contributed by atoms with van der Waals surface area (Å²) in [7, 11) is 1.78. The fraction of sp³-hybridized carbons (Fsp3) is 0.583. The quantitative estimate of drug-likeness (QED) is 0.845. The van der Waals surface area contributed by atoms with E-state index in [-0.39, 0.29) is 11.3 Å². The smallest absolute Gasteiger partial charge is 0.257 e. The molecule has 4 heteroatoms. The van der Waals surface area contributed by atoms with Crippen LogP contribution in [0.5, 0.6) is 0 Å². The summed E-state index contributed by atoms with van der Waals surface area (Å²) in [6, 6.07) is 1.70. The van der Waals surface area contributed by atoms with Crippen LogP contribution < -0.4 is 5.73 Å². The Morgan fingerprint density at radius 2 is 2.19 bits per heavy atom. The molecule has 2 N–H and O–H groups in total. The molecule has 0 aliphatic carbocycles. The van der Waals surface area contributed by atoms with Crippen molar-refractivity contribution in [2.24, 2.45) is 11.1 Å². The first-order chi connectivity index (χ1) is 7.37. The SMILES string of the molecule is Cc1occc1C(=O)N(C)CC(C)(C)CN. The maximum atomic E-state index is 12.0. The van der Waals surface area contributed by atoms with E-state index >= 15 is 0 Å². The maximum absolute atomic E-state index is 12.0. The van der Waals surface area contributed by atoms with Gasteiger partial charge in [0.25, 0.3) is 5.91 Å². The molecule has 1 rings (SSSR count). The van der Waals surface area contributed by atoms with Crippen molar-refractivity contribution < 1.29 is 9.21 Å². The molecule has 16 heavy (non-hydrogen) atoms. The molecule has 0 bridgehead atoms. The van der Waals surface area contributed by atoms with Crippen molar-refractivity contribution in [1.82, 2.24) is 4.90 Å². The van der Waals surface area contributed by atoms with Crippen molar-refractivity contribution in [3.63, 3.8) is 0 Å². The van der Waals surface area contributed by atoms with Gasteiger partial charge in [0.15, 0.2) is 0 Å². The first-order valence-corrected chi connectivity index (χ1v) is 5.37. The number of nitrogens with two attached hydrogens (primary N) is 1. The number of nitrogens with zero attached hydrogens (tertiary/aromatic N) is 1. The average molecular weight is 224 g/mol. The topological polar surface area (TPSA) is 59.5 Å². The van der Waals surface area contributed by atoms with Crippen LogP contribution in [0.1, 0.15) is 30.0 Å². The van der Waals surface area contributed by atoms with Gasteiger partial charge in [-0.15, -0.1) is 0 Å². The van der Waals surface area contributed by atoms with Crippen molar-refractivity contribution >= 4 is 5.91 Å². The third kappa shape index (κ3) is 2.85. The summed E-state index contributed by atoms with van der Waals surface area (Å²) < 4.78 is 5.12. The van der Waals surface area contributed by atoms with Gasteiger partial charge in [0, 0.05) is 13.6 Å². The number of amides is 1. The first kappa shape index (κ1) is 12.8. The highest BCUT2D eigenvalue weighted by molar-refractivity contribution is 5.94. The standard InChI is InChI=1S/C12H20N2O2/c1-9-10(5-6-16-9)11(15)14(4)8-12(2,3)7-13/h5-6H,7-8,13H2,1-4H3. The van der Waals surface area contributed by atoms with E-state index in [4.69, 9.17) is 10.2 Å². The predicted octanol–water partition coefficient (Wildman–Crippen LogP) is 1.64. The monoisotopic (exact) mass is 224 g/mol. The molecule has 0 spiro atoms. The minimum atomic E-state index is -0.0674. The first-order valence-electron chi connectivity index (χ1n) is 5.37. The lowest BCUT2D eigenvalue weighted by atomic mass is 9.93. The molecule has 0 saturated heterocycles. The van der Waals surface area contributed by atoms with Crippen LogP contribution in [0.25, 0.3) is 0 Å². The van der Waals surface area contributed by atoms with Crippen LogP contribution in [0.3, 0.4) is 0 Å². The minimum absolute atomic E-state index is 0.0206. The molecule has 0 radical (unpaired) electrons. The zero-order chi connectivity index (χ0) is 12.3. The van der Waals surface area contributed by atoms with E-state index < -0.39 is 0 Å². The fourth-order valence-corrected chi connectivity index (χ4v) is 1.59. The van der Waals surface area contributed by atoms with Gasteiger partial charge in [0.05, 0.1) is 11.8 Å². The molecule has 1 amide bonds. The van der Waals surface area contributed by atoms with Gasteiger partial charge in [0.1, 0.15) is 5.76 Å². The minimum Gasteiger partial charge on any atom is -0.469 e. The number of carbonyl (C=O) groups excluding carboxylic acids is 1. The molecular formula is C12H20N2O2. The van der Waals surface area contributed by atoms with Gasteiger partial charge in [-0.05, 0) is 24.9 Å². The maximum Gasteiger partial charge on any atom is 0.257 e. The van der Waals surface area contributed by atoms with Crippen molar-refractivity contribution in [2.45, 2.75) is 20.8 Å². The fourth-order valence-electron chi connectivity index (χ4n) is 1.59. The Bertz CT molecular complexity index is 369. The second-order valence-corrected chi connectivity index (χ2v) is 4.92. The Labute approximate surface area is 96.4 Å². The van der Waals surface area contributed by atoms with Gasteiger partial charge in [0.2, 0.25) is 0 Å². The van der Waals surface area contributed by atoms with Crippen LogP contribution in [-0.4, -0.2) is 30.9 Å². The number of hydrogen-bond donors (Lipinski definition) is 1. The van der Waals surface area contributed by atoms with Gasteiger partial charge < -0.3 is 15.1 Å². The Hall–Kier alpha value is -1.29. The van der Waals surface area contributed by atoms with Crippen LogP contribution in [-0.2, 0) is 0 Å². The lowest BCUT2D eigenvalue weighted by Crippen LogP contribution is -2.39. The van der Waals surface area contributed by atoms with E-state index in [2.05, 4.69) is 0 Å². The molecule has 4 nitrogen and oxygen atoms in total. The van der Waals surface area contributed by atoms with E-state index in [0.29, 0.717) is 24.4 Å². The molecule has 0 saturated carbocycles. The molecule has 1 heterocycles. The van der Waals surface area contributed by atoms with Crippen LogP contribution in [0.15, 0.2) is 16.7 Å². The number of carbonyl (C=O) groups is 1. The molecule has 90 valence electrons. The number of hydrogen-bond acceptors (Lipinski definition) is 3. The molecule has 0 fully saturated rings. The second-order valence-electron chi connectivity index (χ2n) is 4.92. The van der Waals surface area contributed by atoms with E-state index in [1.54, 1.807) is 24.9 Å². The molecule has 0 aromatic carbocycles. The summed E-state index contributed by atoms with van der Waals surface area (Å²) in [5.41, 5.74) is 6.20. The summed E-state index contributed by atoms with van der Waals surface area (Å²) in [4.78, 5) is 13.7. The van der Waals surface area contributed by atoms with Crippen molar-refractivity contribution in [1.29, 1.82) is 0 Å². The molecular weight excluding hydrogens is 204 g/mol. The van der Waals surface area contributed by atoms with Crippen LogP contribution in [0.4, 0.5) is 0 Å². The number of furan rings is 1. The number of aryl methyl sites for hydroxylation is 1. The Balaban J connectivity index is 2.73. The van der Waals surface area contributed by atoms with E-state index in [9.17, 15) is 4.79 Å². The van der Waals surface area contributed by atoms with E-state index in [0.717, 1.165) is 0 Å². The van der Waals surface area contributed by atoms with Crippen LogP contribution in [0, 0.1) is 12.3 Å². The molecule has 0 aliphatic rings. The highest BCUT2D eigenvalue weighted by Crippen LogP contribution is 2.17. The predicted molar refractivity (Wildman–Crippen MR) is 63.2 cm³/mol. The lowest BCUT2D eigenvalue weighted by Gasteiger charge is -2.28. The Kier molecular flexibility index (Phi) is 3.75. The van der Waals surface area contributed by atoms with E-state index in [1.165, 1.54) is 6.26 Å². The summed E-state index contributed by atoms with van der Waals surface area (Å²) in [6.07, 6.45) is 1.53. The third-order valence-electron chi connectivity index (χ3n) is 2.65. The summed E-state index contributed by atoms with van der Waals surface area (Å²) in [5.74, 6) is 0.634. The summed E-state index contributed by atoms with van der Waals surface area (Å²) >= 11 is 0. The van der Waals surface area contributed by atoms with Crippen LogP contribution in [0.2, 0.25) is 0 Å². The molecule has 1 aromatic rings. The molecule has 1 aromatic heterocycles. The van der Waals surface area contributed by atoms with Gasteiger partial charge in [-0.25, -0.2) is 0 Å². The van der Waals surface area contributed by atoms with E-state index in [1.807, 2.05) is 13.8 Å². The van der Waals surface area contributed by atoms with Gasteiger partial charge in [-0.1, -0.05) is 13.8 Å². The zero-order valence-electron chi connectivity index (χ0n) is 10.4. The zero-order valence-corrected chi connectivity index (χ0v) is 10.4. The molecule has 0 unspecified atom stereocenters. The van der Waals surface area contributed by atoms with Crippen molar-refractivity contribution in [2.75, 3.05) is 20.1 Å². The molecule has 0 atom stereocenters. The van der Waals surface area contributed by atoms with Crippen molar-refractivity contribution in [3.05, 3.63) is 23.7 Å². The Morgan fingerprint density at radius 3 is 2.62 bits per heavy atom. The summed E-state index contributed by atoms with van der Waals surface area (Å²) in [6.45, 7) is 7.05.